The summed E-state index contributed by atoms with van der Waals surface area (Å²) in [6, 6.07) is -1.26. The van der Waals surface area contributed by atoms with E-state index in [4.69, 9.17) is 0 Å². The minimum Gasteiger partial charge on any atom is -0.478 e. The molecule has 1 fully saturated rings. The maximum Gasteiger partial charge on any atom is 0.336 e. The van der Waals surface area contributed by atoms with Crippen LogP contribution >= 0.6 is 0 Å². The molecule has 1 aliphatic rings. The van der Waals surface area contributed by atoms with E-state index >= 15 is 0 Å². The number of aromatic carboxylic acids is 4. The summed E-state index contributed by atoms with van der Waals surface area (Å²) < 4.78 is 0. The fourth-order valence-corrected chi connectivity index (χ4v) is 3.42. The summed E-state index contributed by atoms with van der Waals surface area (Å²) in [5.41, 5.74) is 6.03. The highest BCUT2D eigenvalue weighted by atomic mass is 16.4. The molecule has 1 aromatic rings. The predicted octanol–water partition coefficient (Wildman–Crippen LogP) is 1.26. The van der Waals surface area contributed by atoms with Crippen LogP contribution in [-0.4, -0.2) is 56.4 Å². The van der Waals surface area contributed by atoms with Crippen molar-refractivity contribution in [2.24, 2.45) is 11.5 Å². The Morgan fingerprint density at radius 1 is 0.710 bits per heavy atom. The van der Waals surface area contributed by atoms with Crippen LogP contribution in [0.25, 0.3) is 0 Å². The first-order valence-electron chi connectivity index (χ1n) is 8.88. The van der Waals surface area contributed by atoms with Gasteiger partial charge >= 0.3 is 35.9 Å². The third kappa shape index (κ3) is 6.42. The lowest BCUT2D eigenvalue weighted by Crippen LogP contribution is -2.38. The third-order valence-electron chi connectivity index (χ3n) is 4.51. The maximum atomic E-state index is 11.6. The zero-order chi connectivity index (χ0) is 23.9. The van der Waals surface area contributed by atoms with Crippen LogP contribution in [0.4, 0.5) is 9.59 Å². The Morgan fingerprint density at radius 2 is 1.10 bits per heavy atom. The molecule has 0 aliphatic heterocycles. The summed E-state index contributed by atoms with van der Waals surface area (Å²) in [6.07, 6.45) is 3.36. The smallest absolute Gasteiger partial charge is 0.336 e. The van der Waals surface area contributed by atoms with E-state index in [0.29, 0.717) is 18.9 Å². The van der Waals surface area contributed by atoms with Gasteiger partial charge in [-0.25, -0.2) is 28.8 Å². The molecule has 1 aliphatic carbocycles. The zero-order valence-electron chi connectivity index (χ0n) is 16.1. The van der Waals surface area contributed by atoms with Crippen molar-refractivity contribution in [3.05, 3.63) is 33.9 Å². The summed E-state index contributed by atoms with van der Waals surface area (Å²) in [5, 5.41) is 39.0. The van der Waals surface area contributed by atoms with Crippen molar-refractivity contribution >= 4 is 35.9 Å². The number of benzene rings is 1. The number of nitrogens with two attached hydrogens (primary N) is 2. The molecular weight excluding hydrogens is 418 g/mol. The Bertz CT molecular complexity index is 873. The van der Waals surface area contributed by atoms with Gasteiger partial charge in [-0.05, 0) is 30.4 Å². The number of carboxylic acid groups (broad SMARTS) is 4. The van der Waals surface area contributed by atoms with Crippen molar-refractivity contribution in [2.45, 2.75) is 38.0 Å². The predicted molar refractivity (Wildman–Crippen MR) is 102 cm³/mol. The van der Waals surface area contributed by atoms with Crippen molar-refractivity contribution in [1.29, 1.82) is 0 Å². The fraction of sp³-hybridized carbons (Fsp3) is 0.333. The van der Waals surface area contributed by atoms with Gasteiger partial charge in [0.15, 0.2) is 0 Å². The highest BCUT2D eigenvalue weighted by Gasteiger charge is 2.34. The number of carbonyl (C=O) groups excluding carboxylic acids is 2. The quantitative estimate of drug-likeness (QED) is 0.346. The topological polar surface area (TPSA) is 247 Å². The number of carbonyl (C=O) groups is 6. The van der Waals surface area contributed by atoms with E-state index in [2.05, 4.69) is 11.5 Å². The molecule has 0 heterocycles. The molecule has 2 rings (SSSR count). The van der Waals surface area contributed by atoms with Gasteiger partial charge in [0.2, 0.25) is 0 Å². The number of urea groups is 2. The Morgan fingerprint density at radius 3 is 1.35 bits per heavy atom. The third-order valence-corrected chi connectivity index (χ3v) is 4.51. The minimum atomic E-state index is -1.61. The molecule has 13 heteroatoms. The van der Waals surface area contributed by atoms with Crippen LogP contribution in [0.15, 0.2) is 6.07 Å². The highest BCUT2D eigenvalue weighted by Crippen LogP contribution is 2.39. The van der Waals surface area contributed by atoms with E-state index in [1.165, 1.54) is 0 Å². The fourth-order valence-electron chi connectivity index (χ4n) is 3.42. The van der Waals surface area contributed by atoms with E-state index in [-0.39, 0.29) is 5.56 Å². The SMILES string of the molecule is NC(=O)NC(N)=O.O=C(O)c1cc(C(=O)O)c(C(=O)O)c(C2CCCCC2)c1C(=O)O. The van der Waals surface area contributed by atoms with Crippen LogP contribution in [0.5, 0.6) is 0 Å². The Kier molecular flexibility index (Phi) is 8.48. The number of hydrogen-bond donors (Lipinski definition) is 7. The number of hydrogen-bond acceptors (Lipinski definition) is 6. The van der Waals surface area contributed by atoms with Crippen LogP contribution < -0.4 is 16.8 Å². The molecule has 1 saturated carbocycles. The van der Waals surface area contributed by atoms with Gasteiger partial charge < -0.3 is 31.9 Å². The molecule has 0 bridgehead atoms. The van der Waals surface area contributed by atoms with Crippen LogP contribution in [0.3, 0.4) is 0 Å². The second-order valence-electron chi connectivity index (χ2n) is 6.54. The average molecular weight is 439 g/mol. The number of nitrogens with one attached hydrogen (secondary N) is 1. The number of primary amides is 2. The maximum absolute atomic E-state index is 11.6. The summed E-state index contributed by atoms with van der Waals surface area (Å²) in [6.45, 7) is 0. The van der Waals surface area contributed by atoms with Crippen molar-refractivity contribution in [2.75, 3.05) is 0 Å². The Hall–Kier alpha value is -4.16. The van der Waals surface area contributed by atoms with E-state index in [9.17, 15) is 49.2 Å². The first-order valence-corrected chi connectivity index (χ1v) is 8.88. The molecular formula is C18H21N3O10. The number of imide groups is 1. The Labute approximate surface area is 174 Å². The molecule has 0 spiro atoms. The van der Waals surface area contributed by atoms with Gasteiger partial charge in [0.1, 0.15) is 0 Å². The largest absolute Gasteiger partial charge is 0.478 e. The number of rotatable bonds is 5. The van der Waals surface area contributed by atoms with Crippen molar-refractivity contribution < 1.29 is 49.2 Å². The second kappa shape index (κ2) is 10.6. The highest BCUT2D eigenvalue weighted by molar-refractivity contribution is 6.11. The van der Waals surface area contributed by atoms with Crippen LogP contribution in [0, 0.1) is 0 Å². The molecule has 0 atom stereocenters. The molecule has 0 aromatic heterocycles. The summed E-state index contributed by atoms with van der Waals surface area (Å²) >= 11 is 0. The molecule has 13 nitrogen and oxygen atoms in total. The normalized spacial score (nSPS) is 13.3. The standard InChI is InChI=1S/C16H16O8.C2H5N3O2/c17-13(18)8-6-9(14(19)20)12(16(23)24)10(11(8)15(21)22)7-4-2-1-3-5-7;3-1(6)5-2(4)7/h6-7H,1-5H2,(H,17,18)(H,19,20)(H,21,22)(H,23,24);(H5,3,4,5,6,7). The van der Waals surface area contributed by atoms with Gasteiger partial charge in [-0.15, -0.1) is 0 Å². The summed E-state index contributed by atoms with van der Waals surface area (Å²) in [5.74, 6) is -6.86. The van der Waals surface area contributed by atoms with Gasteiger partial charge in [-0.2, -0.15) is 0 Å². The van der Waals surface area contributed by atoms with Crippen molar-refractivity contribution in [3.8, 4) is 0 Å². The van der Waals surface area contributed by atoms with Crippen molar-refractivity contribution in [1.82, 2.24) is 5.32 Å². The Balaban J connectivity index is 0.000000592. The summed E-state index contributed by atoms with van der Waals surface area (Å²) in [4.78, 5) is 65.4. The van der Waals surface area contributed by atoms with E-state index < -0.39 is 64.1 Å². The van der Waals surface area contributed by atoms with Gasteiger partial charge in [0, 0.05) is 0 Å². The van der Waals surface area contributed by atoms with E-state index in [1.807, 2.05) is 0 Å². The number of carboxylic acids is 4. The van der Waals surface area contributed by atoms with Gasteiger partial charge in [0.05, 0.1) is 22.3 Å². The molecule has 0 saturated heterocycles. The average Bonchev–Trinajstić information content (AvgIpc) is 2.65. The van der Waals surface area contributed by atoms with Gasteiger partial charge in [0.25, 0.3) is 0 Å². The van der Waals surface area contributed by atoms with Crippen molar-refractivity contribution in [3.63, 3.8) is 0 Å². The first-order chi connectivity index (χ1) is 14.4. The number of amides is 4. The first kappa shape index (κ1) is 24.9. The zero-order valence-corrected chi connectivity index (χ0v) is 16.1. The van der Waals surface area contributed by atoms with E-state index in [1.54, 1.807) is 5.32 Å². The molecule has 0 radical (unpaired) electrons. The van der Waals surface area contributed by atoms with Crippen LogP contribution in [0.1, 0.15) is 85.0 Å². The molecule has 0 unspecified atom stereocenters. The lowest BCUT2D eigenvalue weighted by Gasteiger charge is -2.26. The minimum absolute atomic E-state index is 0.188. The lowest BCUT2D eigenvalue weighted by atomic mass is 9.77. The second-order valence-corrected chi connectivity index (χ2v) is 6.54. The van der Waals surface area contributed by atoms with E-state index in [0.717, 1.165) is 19.3 Å². The molecule has 4 amide bonds. The molecule has 31 heavy (non-hydrogen) atoms. The lowest BCUT2D eigenvalue weighted by molar-refractivity contribution is 0.0633. The van der Waals surface area contributed by atoms with Gasteiger partial charge in [-0.1, -0.05) is 19.3 Å². The van der Waals surface area contributed by atoms with Gasteiger partial charge in [-0.3, -0.25) is 5.32 Å². The van der Waals surface area contributed by atoms with Crippen LogP contribution in [-0.2, 0) is 0 Å². The molecule has 168 valence electrons. The molecule has 1 aromatic carbocycles. The monoisotopic (exact) mass is 439 g/mol. The molecule has 9 N–H and O–H groups in total. The summed E-state index contributed by atoms with van der Waals surface area (Å²) in [7, 11) is 0. The van der Waals surface area contributed by atoms with Crippen LogP contribution in [0.2, 0.25) is 0 Å².